The van der Waals surface area contributed by atoms with Crippen molar-refractivity contribution in [2.75, 3.05) is 38.1 Å². The minimum Gasteiger partial charge on any atom is -0.349 e. The van der Waals surface area contributed by atoms with Crippen molar-refractivity contribution >= 4 is 32.6 Å². The van der Waals surface area contributed by atoms with E-state index in [1.807, 2.05) is 18.2 Å². The molecule has 1 spiro atoms. The first-order valence-corrected chi connectivity index (χ1v) is 10.6. The Kier molecular flexibility index (Phi) is 3.94. The van der Waals surface area contributed by atoms with Crippen molar-refractivity contribution in [2.45, 2.75) is 38.1 Å². The van der Waals surface area contributed by atoms with Crippen LogP contribution in [0, 0.1) is 5.41 Å². The van der Waals surface area contributed by atoms with Gasteiger partial charge in [-0.05, 0) is 44.5 Å². The largest absolute Gasteiger partial charge is 0.349 e. The van der Waals surface area contributed by atoms with Gasteiger partial charge in [-0.25, -0.2) is 4.98 Å². The van der Waals surface area contributed by atoms with Crippen LogP contribution < -0.4 is 10.2 Å². The number of aromatic nitrogens is 1. The second-order valence-electron chi connectivity index (χ2n) is 8.48. The number of rotatable bonds is 3. The minimum absolute atomic E-state index is 0.0615. The van der Waals surface area contributed by atoms with E-state index in [9.17, 15) is 4.79 Å². The minimum atomic E-state index is 0.0615. The predicted octanol–water partition coefficient (Wildman–Crippen LogP) is 3.11. The summed E-state index contributed by atoms with van der Waals surface area (Å²) in [5.41, 5.74) is 2.26. The van der Waals surface area contributed by atoms with Gasteiger partial charge in [-0.2, -0.15) is 0 Å². The van der Waals surface area contributed by atoms with Gasteiger partial charge in [0.2, 0.25) is 0 Å². The molecule has 5 nitrogen and oxygen atoms in total. The molecule has 0 atom stereocenters. The summed E-state index contributed by atoms with van der Waals surface area (Å²) in [5.74, 6) is 0.0615. The fraction of sp³-hybridized carbons (Fsp3) is 0.600. The Bertz CT molecular complexity index is 835. The highest BCUT2D eigenvalue weighted by Gasteiger charge is 2.46. The molecule has 26 heavy (non-hydrogen) atoms. The number of nitrogens with one attached hydrogen (secondary N) is 1. The molecule has 2 aromatic rings. The molecule has 1 aliphatic carbocycles. The van der Waals surface area contributed by atoms with Crippen LogP contribution in [0.3, 0.4) is 0 Å². The Morgan fingerprint density at radius 2 is 2.08 bits per heavy atom. The van der Waals surface area contributed by atoms with Gasteiger partial charge in [0.15, 0.2) is 5.13 Å². The number of benzene rings is 1. The van der Waals surface area contributed by atoms with Crippen LogP contribution in [0.4, 0.5) is 5.13 Å². The van der Waals surface area contributed by atoms with Gasteiger partial charge in [-0.3, -0.25) is 4.79 Å². The van der Waals surface area contributed by atoms with E-state index in [4.69, 9.17) is 4.98 Å². The standard InChI is InChI=1S/C20H26N4OS/c1-23-11-20(12-23)8-9-24(13-20)19-22-16-7-6-14(10-17(16)26-19)18(25)21-15-4-2-3-5-15/h6-7,10,15H,2-5,8-9,11-13H2,1H3,(H,21,25). The van der Waals surface area contributed by atoms with Crippen LogP contribution in [0.25, 0.3) is 10.2 Å². The number of carbonyl (C=O) groups is 1. The zero-order chi connectivity index (χ0) is 17.7. The average Bonchev–Trinajstić information content (AvgIpc) is 3.32. The van der Waals surface area contributed by atoms with Gasteiger partial charge in [0, 0.05) is 43.2 Å². The lowest BCUT2D eigenvalue weighted by atomic mass is 9.80. The van der Waals surface area contributed by atoms with Crippen LogP contribution in [-0.4, -0.2) is 55.1 Å². The predicted molar refractivity (Wildman–Crippen MR) is 106 cm³/mol. The van der Waals surface area contributed by atoms with Crippen molar-refractivity contribution in [1.29, 1.82) is 0 Å². The Morgan fingerprint density at radius 3 is 2.85 bits per heavy atom. The second-order valence-corrected chi connectivity index (χ2v) is 9.49. The van der Waals surface area contributed by atoms with Crippen molar-refractivity contribution in [3.8, 4) is 0 Å². The molecule has 1 N–H and O–H groups in total. The normalized spacial score (nSPS) is 23.0. The van der Waals surface area contributed by atoms with Gasteiger partial charge in [0.25, 0.3) is 5.91 Å². The first kappa shape index (κ1) is 16.5. The van der Waals surface area contributed by atoms with E-state index >= 15 is 0 Å². The molecule has 2 aliphatic heterocycles. The number of hydrogen-bond acceptors (Lipinski definition) is 5. The van der Waals surface area contributed by atoms with Crippen LogP contribution in [0.5, 0.6) is 0 Å². The molecule has 0 radical (unpaired) electrons. The number of fused-ring (bicyclic) bond motifs is 1. The average molecular weight is 371 g/mol. The van der Waals surface area contributed by atoms with Crippen LogP contribution in [0.2, 0.25) is 0 Å². The van der Waals surface area contributed by atoms with Crippen molar-refractivity contribution < 1.29 is 4.79 Å². The number of nitrogens with zero attached hydrogens (tertiary/aromatic N) is 3. The number of amides is 1. The fourth-order valence-electron chi connectivity index (χ4n) is 4.98. The van der Waals surface area contributed by atoms with E-state index in [1.165, 1.54) is 32.4 Å². The van der Waals surface area contributed by atoms with E-state index in [0.29, 0.717) is 11.5 Å². The number of hydrogen-bond donors (Lipinski definition) is 1. The molecule has 3 fully saturated rings. The zero-order valence-corrected chi connectivity index (χ0v) is 16.1. The van der Waals surface area contributed by atoms with Crippen molar-refractivity contribution in [1.82, 2.24) is 15.2 Å². The van der Waals surface area contributed by atoms with Crippen LogP contribution >= 0.6 is 11.3 Å². The van der Waals surface area contributed by atoms with Crippen LogP contribution in [0.1, 0.15) is 42.5 Å². The van der Waals surface area contributed by atoms with Crippen molar-refractivity contribution in [3.05, 3.63) is 23.8 Å². The lowest BCUT2D eigenvalue weighted by Gasteiger charge is -2.46. The van der Waals surface area contributed by atoms with E-state index in [-0.39, 0.29) is 5.91 Å². The molecule has 5 rings (SSSR count). The van der Waals surface area contributed by atoms with E-state index in [2.05, 4.69) is 22.2 Å². The smallest absolute Gasteiger partial charge is 0.251 e. The maximum Gasteiger partial charge on any atom is 0.251 e. The molecule has 0 unspecified atom stereocenters. The Balaban J connectivity index is 1.33. The maximum absolute atomic E-state index is 12.5. The summed E-state index contributed by atoms with van der Waals surface area (Å²) < 4.78 is 1.12. The monoisotopic (exact) mass is 370 g/mol. The lowest BCUT2D eigenvalue weighted by Crippen LogP contribution is -2.55. The highest BCUT2D eigenvalue weighted by atomic mass is 32.1. The molecule has 3 aliphatic rings. The summed E-state index contributed by atoms with van der Waals surface area (Å²) in [7, 11) is 2.20. The molecule has 1 aromatic carbocycles. The summed E-state index contributed by atoms with van der Waals surface area (Å²) in [4.78, 5) is 22.2. The topological polar surface area (TPSA) is 48.5 Å². The molecule has 3 heterocycles. The molecular formula is C20H26N4OS. The maximum atomic E-state index is 12.5. The van der Waals surface area contributed by atoms with E-state index in [0.717, 1.165) is 46.8 Å². The van der Waals surface area contributed by atoms with Crippen LogP contribution in [-0.2, 0) is 0 Å². The van der Waals surface area contributed by atoms with Gasteiger partial charge < -0.3 is 15.1 Å². The molecule has 1 aromatic heterocycles. The van der Waals surface area contributed by atoms with E-state index < -0.39 is 0 Å². The van der Waals surface area contributed by atoms with E-state index in [1.54, 1.807) is 11.3 Å². The summed E-state index contributed by atoms with van der Waals surface area (Å²) >= 11 is 1.73. The second kappa shape index (κ2) is 6.20. The van der Waals surface area contributed by atoms with Gasteiger partial charge in [-0.1, -0.05) is 24.2 Å². The van der Waals surface area contributed by atoms with Crippen LogP contribution in [0.15, 0.2) is 18.2 Å². The lowest BCUT2D eigenvalue weighted by molar-refractivity contribution is 0.0424. The molecule has 0 bridgehead atoms. The van der Waals surface area contributed by atoms with Gasteiger partial charge in [0.05, 0.1) is 10.2 Å². The fourth-order valence-corrected chi connectivity index (χ4v) is 6.01. The quantitative estimate of drug-likeness (QED) is 0.902. The van der Waals surface area contributed by atoms with Crippen molar-refractivity contribution in [2.24, 2.45) is 5.41 Å². The molecule has 1 amide bonds. The summed E-state index contributed by atoms with van der Waals surface area (Å²) in [6.45, 7) is 4.63. The number of carbonyl (C=O) groups excluding carboxylic acids is 1. The summed E-state index contributed by atoms with van der Waals surface area (Å²) in [6, 6.07) is 6.30. The number of anilines is 1. The number of likely N-dealkylation sites (tertiary alicyclic amines) is 1. The first-order chi connectivity index (χ1) is 12.6. The molecule has 2 saturated heterocycles. The van der Waals surface area contributed by atoms with Gasteiger partial charge in [-0.15, -0.1) is 0 Å². The third kappa shape index (κ3) is 2.89. The zero-order valence-electron chi connectivity index (χ0n) is 15.3. The Morgan fingerprint density at radius 1 is 1.27 bits per heavy atom. The molecule has 138 valence electrons. The summed E-state index contributed by atoms with van der Waals surface area (Å²) in [6.07, 6.45) is 5.96. The molecular weight excluding hydrogens is 344 g/mol. The molecule has 6 heteroatoms. The third-order valence-corrected chi connectivity index (χ3v) is 7.33. The summed E-state index contributed by atoms with van der Waals surface area (Å²) in [5, 5.41) is 4.29. The molecule has 1 saturated carbocycles. The third-order valence-electron chi connectivity index (χ3n) is 6.25. The highest BCUT2D eigenvalue weighted by Crippen LogP contribution is 2.42. The highest BCUT2D eigenvalue weighted by molar-refractivity contribution is 7.22. The Labute approximate surface area is 158 Å². The first-order valence-electron chi connectivity index (χ1n) is 9.75. The van der Waals surface area contributed by atoms with Gasteiger partial charge in [0.1, 0.15) is 0 Å². The number of thiazole rings is 1. The SMILES string of the molecule is CN1CC2(CCN(c3nc4ccc(C(=O)NC5CCCC5)cc4s3)C2)C1. The van der Waals surface area contributed by atoms with Gasteiger partial charge >= 0.3 is 0 Å². The Hall–Kier alpha value is -1.66. The van der Waals surface area contributed by atoms with Crippen molar-refractivity contribution in [3.63, 3.8) is 0 Å².